The van der Waals surface area contributed by atoms with Crippen molar-refractivity contribution in [3.05, 3.63) is 41.0 Å². The van der Waals surface area contributed by atoms with Gasteiger partial charge in [-0.1, -0.05) is 50.1 Å². The predicted octanol–water partition coefficient (Wildman–Crippen LogP) is 4.25. The van der Waals surface area contributed by atoms with Crippen molar-refractivity contribution in [3.8, 4) is 6.07 Å². The second kappa shape index (κ2) is 6.81. The first kappa shape index (κ1) is 12.5. The molecule has 15 heavy (non-hydrogen) atoms. The molecule has 0 heterocycles. The van der Waals surface area contributed by atoms with Crippen LogP contribution in [-0.2, 0) is 5.33 Å². The lowest BCUT2D eigenvalue weighted by Gasteiger charge is -2.02. The molecule has 0 unspecified atom stereocenters. The third kappa shape index (κ3) is 3.81. The summed E-state index contributed by atoms with van der Waals surface area (Å²) in [5.41, 5.74) is 3.03. The number of halogens is 2. The molecule has 0 spiro atoms. The molecule has 0 fully saturated rings. The number of benzene rings is 1. The van der Waals surface area contributed by atoms with Gasteiger partial charge in [-0.15, -0.1) is 0 Å². The molecule has 1 aromatic carbocycles. The number of hydrogen-bond acceptors (Lipinski definition) is 1. The van der Waals surface area contributed by atoms with Crippen molar-refractivity contribution in [2.75, 3.05) is 5.33 Å². The maximum atomic E-state index is 8.80. The van der Waals surface area contributed by atoms with Gasteiger partial charge in [-0.25, -0.2) is 0 Å². The normalized spacial score (nSPS) is 10.5. The van der Waals surface area contributed by atoms with E-state index in [0.29, 0.717) is 5.56 Å². The zero-order valence-electron chi connectivity index (χ0n) is 8.21. The van der Waals surface area contributed by atoms with Gasteiger partial charge in [0.05, 0.1) is 11.6 Å². The number of allylic oxidation sites excluding steroid dienone is 1. The minimum absolute atomic E-state index is 0.707. The second-order valence-corrected chi connectivity index (χ2v) is 4.39. The number of rotatable bonds is 4. The lowest BCUT2D eigenvalue weighted by molar-refractivity contribution is 1.27. The van der Waals surface area contributed by atoms with E-state index in [2.05, 4.69) is 50.1 Å². The van der Waals surface area contributed by atoms with Crippen LogP contribution in [0.15, 0.2) is 24.3 Å². The van der Waals surface area contributed by atoms with Crippen molar-refractivity contribution >= 4 is 37.9 Å². The molecule has 0 atom stereocenters. The highest BCUT2D eigenvalue weighted by Crippen LogP contribution is 2.16. The van der Waals surface area contributed by atoms with Crippen molar-refractivity contribution in [3.63, 3.8) is 0 Å². The molecule has 1 nitrogen and oxygen atoms in total. The van der Waals surface area contributed by atoms with Crippen molar-refractivity contribution in [1.29, 1.82) is 5.26 Å². The summed E-state index contributed by atoms with van der Waals surface area (Å²) in [7, 11) is 0. The average Bonchev–Trinajstić information content (AvgIpc) is 2.29. The van der Waals surface area contributed by atoms with E-state index in [1.54, 1.807) is 0 Å². The van der Waals surface area contributed by atoms with Gasteiger partial charge in [0.2, 0.25) is 0 Å². The molecule has 78 valence electrons. The van der Waals surface area contributed by atoms with Crippen LogP contribution in [0.4, 0.5) is 0 Å². The first-order valence-electron chi connectivity index (χ1n) is 4.63. The van der Waals surface area contributed by atoms with Crippen LogP contribution in [0.1, 0.15) is 23.1 Å². The fourth-order valence-electron chi connectivity index (χ4n) is 1.21. The van der Waals surface area contributed by atoms with Crippen molar-refractivity contribution in [2.24, 2.45) is 0 Å². The predicted molar refractivity (Wildman–Crippen MR) is 71.2 cm³/mol. The summed E-state index contributed by atoms with van der Waals surface area (Å²) in [4.78, 5) is 0. The lowest BCUT2D eigenvalue weighted by atomic mass is 10.0. The molecular weight excluding hydrogens is 318 g/mol. The van der Waals surface area contributed by atoms with Gasteiger partial charge in [0.1, 0.15) is 0 Å². The summed E-state index contributed by atoms with van der Waals surface area (Å²) < 4.78 is 0. The summed E-state index contributed by atoms with van der Waals surface area (Å²) in [6, 6.07) is 7.90. The van der Waals surface area contributed by atoms with E-state index < -0.39 is 0 Å². The highest BCUT2D eigenvalue weighted by atomic mass is 79.9. The maximum absolute atomic E-state index is 8.80. The Morgan fingerprint density at radius 2 is 2.13 bits per heavy atom. The van der Waals surface area contributed by atoms with Crippen molar-refractivity contribution < 1.29 is 0 Å². The van der Waals surface area contributed by atoms with Crippen LogP contribution in [0, 0.1) is 11.3 Å². The first-order chi connectivity index (χ1) is 7.31. The quantitative estimate of drug-likeness (QED) is 0.758. The van der Waals surface area contributed by atoms with Gasteiger partial charge in [-0.05, 0) is 29.7 Å². The monoisotopic (exact) mass is 327 g/mol. The highest BCUT2D eigenvalue weighted by molar-refractivity contribution is 9.09. The molecule has 1 rings (SSSR count). The van der Waals surface area contributed by atoms with Crippen LogP contribution in [0.25, 0.3) is 6.08 Å². The fourth-order valence-corrected chi connectivity index (χ4v) is 1.99. The molecule has 0 aliphatic rings. The zero-order chi connectivity index (χ0) is 11.1. The van der Waals surface area contributed by atoms with Gasteiger partial charge in [-0.3, -0.25) is 0 Å². The first-order valence-corrected chi connectivity index (χ1v) is 6.87. The molecule has 0 aromatic heterocycles. The Morgan fingerprint density at radius 1 is 1.33 bits per heavy atom. The van der Waals surface area contributed by atoms with Crippen LogP contribution < -0.4 is 0 Å². The molecule has 0 saturated carbocycles. The van der Waals surface area contributed by atoms with Crippen molar-refractivity contribution in [1.82, 2.24) is 0 Å². The molecular formula is C12H11Br2N. The number of hydrogen-bond donors (Lipinski definition) is 0. The van der Waals surface area contributed by atoms with E-state index in [4.69, 9.17) is 5.26 Å². The Bertz CT molecular complexity index is 391. The summed E-state index contributed by atoms with van der Waals surface area (Å²) in [6.45, 7) is 0. The molecule has 0 saturated heterocycles. The molecule has 0 N–H and O–H groups in total. The third-order valence-corrected chi connectivity index (χ3v) is 3.05. The zero-order valence-corrected chi connectivity index (χ0v) is 11.4. The molecule has 0 radical (unpaired) electrons. The molecule has 0 bridgehead atoms. The van der Waals surface area contributed by atoms with E-state index >= 15 is 0 Å². The standard InChI is InChI=1S/C12H11Br2N/c13-6-2-1-3-11-7-10(9-15)4-5-12(11)8-14/h1,3-5,7H,2,6,8H2. The lowest BCUT2D eigenvalue weighted by Crippen LogP contribution is -1.86. The Labute approximate surface area is 107 Å². The van der Waals surface area contributed by atoms with E-state index in [0.717, 1.165) is 22.6 Å². The van der Waals surface area contributed by atoms with Gasteiger partial charge >= 0.3 is 0 Å². The molecule has 0 aliphatic carbocycles. The highest BCUT2D eigenvalue weighted by Gasteiger charge is 1.99. The van der Waals surface area contributed by atoms with Crippen LogP contribution in [0.5, 0.6) is 0 Å². The van der Waals surface area contributed by atoms with Gasteiger partial charge < -0.3 is 0 Å². The smallest absolute Gasteiger partial charge is 0.0991 e. The molecule has 3 heteroatoms. The van der Waals surface area contributed by atoms with E-state index in [-0.39, 0.29) is 0 Å². The SMILES string of the molecule is N#Cc1ccc(CBr)c(C=CCCBr)c1. The third-order valence-electron chi connectivity index (χ3n) is 1.99. The van der Waals surface area contributed by atoms with E-state index in [1.807, 2.05) is 18.2 Å². The van der Waals surface area contributed by atoms with Crippen LogP contribution in [0.2, 0.25) is 0 Å². The van der Waals surface area contributed by atoms with Crippen molar-refractivity contribution in [2.45, 2.75) is 11.8 Å². The summed E-state index contributed by atoms with van der Waals surface area (Å²) >= 11 is 6.81. The summed E-state index contributed by atoms with van der Waals surface area (Å²) in [5, 5.41) is 10.6. The number of nitrogens with zero attached hydrogens (tertiary/aromatic N) is 1. The second-order valence-electron chi connectivity index (χ2n) is 3.04. The minimum Gasteiger partial charge on any atom is -0.192 e. The molecule has 0 amide bonds. The Hall–Kier alpha value is -0.590. The maximum Gasteiger partial charge on any atom is 0.0991 e. The van der Waals surface area contributed by atoms with E-state index in [9.17, 15) is 0 Å². The van der Waals surface area contributed by atoms with Gasteiger partial charge in [0, 0.05) is 10.7 Å². The number of alkyl halides is 2. The van der Waals surface area contributed by atoms with Crippen LogP contribution in [0.3, 0.4) is 0 Å². The fraction of sp³-hybridized carbons (Fsp3) is 0.250. The minimum atomic E-state index is 0.707. The van der Waals surface area contributed by atoms with Gasteiger partial charge in [-0.2, -0.15) is 5.26 Å². The Kier molecular flexibility index (Phi) is 5.67. The summed E-state index contributed by atoms with van der Waals surface area (Å²) in [5.74, 6) is 0. The number of nitriles is 1. The van der Waals surface area contributed by atoms with Crippen LogP contribution in [-0.4, -0.2) is 5.33 Å². The molecule has 1 aromatic rings. The summed E-state index contributed by atoms with van der Waals surface area (Å²) in [6.07, 6.45) is 5.18. The van der Waals surface area contributed by atoms with Gasteiger partial charge in [0.15, 0.2) is 0 Å². The van der Waals surface area contributed by atoms with E-state index in [1.165, 1.54) is 5.56 Å². The Morgan fingerprint density at radius 3 is 2.73 bits per heavy atom. The topological polar surface area (TPSA) is 23.8 Å². The Balaban J connectivity index is 2.97. The average molecular weight is 329 g/mol. The van der Waals surface area contributed by atoms with Gasteiger partial charge in [0.25, 0.3) is 0 Å². The largest absolute Gasteiger partial charge is 0.192 e. The molecule has 0 aliphatic heterocycles. The van der Waals surface area contributed by atoms with Crippen LogP contribution >= 0.6 is 31.9 Å².